The van der Waals surface area contributed by atoms with Gasteiger partial charge in [0.1, 0.15) is 22.8 Å². The van der Waals surface area contributed by atoms with Crippen LogP contribution in [0.1, 0.15) is 41.4 Å². The highest BCUT2D eigenvalue weighted by Gasteiger charge is 2.28. The van der Waals surface area contributed by atoms with Crippen LogP contribution in [0.2, 0.25) is 0 Å². The Kier molecular flexibility index (Phi) is 9.07. The van der Waals surface area contributed by atoms with Crippen molar-refractivity contribution < 1.29 is 52.4 Å². The van der Waals surface area contributed by atoms with E-state index in [0.29, 0.717) is 0 Å². The lowest BCUT2D eigenvalue weighted by atomic mass is 10.1. The van der Waals surface area contributed by atoms with E-state index in [-0.39, 0.29) is 45.6 Å². The number of rotatable bonds is 8. The SMILES string of the molecule is COC(=O)c1cc(NC(=O)Nc2cc(C(=O)OC)c(C(=O)OC)c(OC)n2)nc(OC)c1C(=O)OC. The van der Waals surface area contributed by atoms with Crippen LogP contribution in [0.3, 0.4) is 0 Å². The van der Waals surface area contributed by atoms with Gasteiger partial charge < -0.3 is 28.4 Å². The number of amides is 2. The van der Waals surface area contributed by atoms with E-state index >= 15 is 0 Å². The molecule has 0 aliphatic carbocycles. The van der Waals surface area contributed by atoms with Gasteiger partial charge in [-0.25, -0.2) is 24.0 Å². The second-order valence-corrected chi connectivity index (χ2v) is 6.42. The zero-order valence-electron chi connectivity index (χ0n) is 20.0. The Bertz CT molecular complexity index is 1120. The topological polar surface area (TPSA) is 191 Å². The third-order valence-electron chi connectivity index (χ3n) is 4.43. The monoisotopic (exact) mass is 506 g/mol. The van der Waals surface area contributed by atoms with Crippen molar-refractivity contribution in [1.29, 1.82) is 0 Å². The number of ether oxygens (including phenoxy) is 6. The molecule has 2 amide bonds. The van der Waals surface area contributed by atoms with Crippen LogP contribution in [0.4, 0.5) is 16.4 Å². The fourth-order valence-corrected chi connectivity index (χ4v) is 2.87. The molecule has 2 aromatic rings. The van der Waals surface area contributed by atoms with Gasteiger partial charge in [0, 0.05) is 0 Å². The molecule has 0 radical (unpaired) electrons. The first-order chi connectivity index (χ1) is 17.1. The number of carbonyl (C=O) groups excluding carboxylic acids is 5. The van der Waals surface area contributed by atoms with Crippen LogP contribution in [0.15, 0.2) is 12.1 Å². The van der Waals surface area contributed by atoms with Gasteiger partial charge in [0.25, 0.3) is 0 Å². The van der Waals surface area contributed by atoms with E-state index in [0.717, 1.165) is 40.6 Å². The molecule has 0 saturated heterocycles. The summed E-state index contributed by atoms with van der Waals surface area (Å²) in [6.45, 7) is 0. The summed E-state index contributed by atoms with van der Waals surface area (Å²) in [5, 5.41) is 4.66. The number of anilines is 2. The molecule has 15 nitrogen and oxygen atoms in total. The Morgan fingerprint density at radius 2 is 0.917 bits per heavy atom. The van der Waals surface area contributed by atoms with Crippen molar-refractivity contribution in [2.75, 3.05) is 53.3 Å². The van der Waals surface area contributed by atoms with Crippen molar-refractivity contribution in [3.63, 3.8) is 0 Å². The molecular weight excluding hydrogens is 484 g/mol. The smallest absolute Gasteiger partial charge is 0.344 e. The van der Waals surface area contributed by atoms with Crippen LogP contribution in [-0.2, 0) is 18.9 Å². The van der Waals surface area contributed by atoms with Gasteiger partial charge in [-0.1, -0.05) is 0 Å². The van der Waals surface area contributed by atoms with Gasteiger partial charge in [-0.2, -0.15) is 9.97 Å². The molecular formula is C21H22N4O11. The van der Waals surface area contributed by atoms with Crippen molar-refractivity contribution in [2.45, 2.75) is 0 Å². The number of aromatic nitrogens is 2. The second-order valence-electron chi connectivity index (χ2n) is 6.42. The van der Waals surface area contributed by atoms with Crippen molar-refractivity contribution in [3.8, 4) is 11.8 Å². The van der Waals surface area contributed by atoms with E-state index in [4.69, 9.17) is 9.47 Å². The lowest BCUT2D eigenvalue weighted by molar-refractivity contribution is 0.0551. The zero-order chi connectivity index (χ0) is 27.0. The summed E-state index contributed by atoms with van der Waals surface area (Å²) in [4.78, 5) is 69.3. The Labute approximate surface area is 204 Å². The highest BCUT2D eigenvalue weighted by molar-refractivity contribution is 6.08. The Hall–Kier alpha value is -4.95. The first-order valence-corrected chi connectivity index (χ1v) is 9.74. The van der Waals surface area contributed by atoms with E-state index in [2.05, 4.69) is 39.5 Å². The van der Waals surface area contributed by atoms with E-state index in [1.165, 1.54) is 14.2 Å². The zero-order valence-corrected chi connectivity index (χ0v) is 20.0. The second kappa shape index (κ2) is 12.0. The molecule has 0 aromatic carbocycles. The summed E-state index contributed by atoms with van der Waals surface area (Å²) in [5.41, 5.74) is -1.21. The van der Waals surface area contributed by atoms with E-state index < -0.39 is 29.9 Å². The number of hydrogen-bond acceptors (Lipinski definition) is 13. The third kappa shape index (κ3) is 5.75. The molecule has 2 rings (SSSR count). The highest BCUT2D eigenvalue weighted by atomic mass is 16.5. The molecule has 0 fully saturated rings. The molecule has 0 bridgehead atoms. The minimum Gasteiger partial charge on any atom is -0.480 e. The number of methoxy groups -OCH3 is 6. The van der Waals surface area contributed by atoms with Crippen LogP contribution in [0, 0.1) is 0 Å². The summed E-state index contributed by atoms with van der Waals surface area (Å²) in [6.07, 6.45) is 0. The van der Waals surface area contributed by atoms with Gasteiger partial charge in [-0.3, -0.25) is 10.6 Å². The maximum Gasteiger partial charge on any atom is 0.344 e. The van der Waals surface area contributed by atoms with Crippen LogP contribution in [0.5, 0.6) is 11.8 Å². The molecule has 0 atom stereocenters. The predicted octanol–water partition coefficient (Wildman–Crippen LogP) is 1.28. The quantitative estimate of drug-likeness (QED) is 0.385. The van der Waals surface area contributed by atoms with Gasteiger partial charge in [-0.15, -0.1) is 0 Å². The lowest BCUT2D eigenvalue weighted by Gasteiger charge is -2.15. The van der Waals surface area contributed by atoms with Gasteiger partial charge in [0.05, 0.1) is 53.8 Å². The molecule has 2 heterocycles. The van der Waals surface area contributed by atoms with E-state index in [9.17, 15) is 24.0 Å². The van der Waals surface area contributed by atoms with Crippen LogP contribution < -0.4 is 20.1 Å². The fourth-order valence-electron chi connectivity index (χ4n) is 2.87. The molecule has 0 spiro atoms. The number of hydrogen-bond donors (Lipinski definition) is 2. The standard InChI is InChI=1S/C21H22N4O11/c1-31-15-13(19(28)35-5)9(17(26)33-3)7-11(22-15)24-21(30)25-12-8-10(18(27)34-4)14(20(29)36-6)16(23-12)32-2/h7-8H,1-6H3,(H2,22,23,24,25,30). The largest absolute Gasteiger partial charge is 0.480 e. The first-order valence-electron chi connectivity index (χ1n) is 9.74. The number of esters is 4. The Morgan fingerprint density at radius 1 is 0.583 bits per heavy atom. The Balaban J connectivity index is 2.47. The molecule has 0 aliphatic rings. The molecule has 2 N–H and O–H groups in total. The van der Waals surface area contributed by atoms with Gasteiger partial charge in [-0.05, 0) is 12.1 Å². The maximum absolute atomic E-state index is 12.6. The maximum atomic E-state index is 12.6. The third-order valence-corrected chi connectivity index (χ3v) is 4.43. The minimum atomic E-state index is -0.942. The Morgan fingerprint density at radius 3 is 1.19 bits per heavy atom. The summed E-state index contributed by atoms with van der Waals surface area (Å²) in [6, 6.07) is 1.19. The van der Waals surface area contributed by atoms with Crippen molar-refractivity contribution in [2.24, 2.45) is 0 Å². The van der Waals surface area contributed by atoms with E-state index in [1.807, 2.05) is 0 Å². The van der Waals surface area contributed by atoms with Crippen LogP contribution >= 0.6 is 0 Å². The fraction of sp³-hybridized carbons (Fsp3) is 0.286. The number of urea groups is 1. The molecule has 0 saturated carbocycles. The molecule has 0 aliphatic heterocycles. The van der Waals surface area contributed by atoms with Crippen LogP contribution in [-0.4, -0.2) is 82.5 Å². The predicted molar refractivity (Wildman–Crippen MR) is 120 cm³/mol. The number of nitrogens with zero attached hydrogens (tertiary/aromatic N) is 2. The molecule has 192 valence electrons. The number of pyridine rings is 2. The average Bonchev–Trinajstić information content (AvgIpc) is 2.89. The normalized spacial score (nSPS) is 9.94. The molecule has 2 aromatic heterocycles. The molecule has 36 heavy (non-hydrogen) atoms. The van der Waals surface area contributed by atoms with E-state index in [1.54, 1.807) is 0 Å². The lowest BCUT2D eigenvalue weighted by Crippen LogP contribution is -2.23. The van der Waals surface area contributed by atoms with Crippen LogP contribution in [0.25, 0.3) is 0 Å². The molecule has 0 unspecified atom stereocenters. The summed E-state index contributed by atoms with van der Waals surface area (Å²) < 4.78 is 28.8. The number of nitrogens with one attached hydrogen (secondary N) is 2. The van der Waals surface area contributed by atoms with Crippen molar-refractivity contribution in [1.82, 2.24) is 9.97 Å². The van der Waals surface area contributed by atoms with Gasteiger partial charge in [0.2, 0.25) is 11.8 Å². The van der Waals surface area contributed by atoms with Gasteiger partial charge in [0.15, 0.2) is 0 Å². The molecule has 15 heteroatoms. The summed E-state index contributed by atoms with van der Waals surface area (Å²) in [5.74, 6) is -4.78. The first kappa shape index (κ1) is 27.3. The van der Waals surface area contributed by atoms with Gasteiger partial charge >= 0.3 is 29.9 Å². The minimum absolute atomic E-state index is 0.219. The van der Waals surface area contributed by atoms with Crippen molar-refractivity contribution in [3.05, 3.63) is 34.4 Å². The average molecular weight is 506 g/mol. The number of carbonyl (C=O) groups is 5. The summed E-state index contributed by atoms with van der Waals surface area (Å²) in [7, 11) is 6.74. The summed E-state index contributed by atoms with van der Waals surface area (Å²) >= 11 is 0. The highest BCUT2D eigenvalue weighted by Crippen LogP contribution is 2.27. The van der Waals surface area contributed by atoms with Crippen molar-refractivity contribution >= 4 is 41.5 Å².